The van der Waals surface area contributed by atoms with E-state index < -0.39 is 0 Å². The van der Waals surface area contributed by atoms with E-state index in [-0.39, 0.29) is 6.04 Å². The Morgan fingerprint density at radius 2 is 2.36 bits per heavy atom. The van der Waals surface area contributed by atoms with Crippen LogP contribution in [0.15, 0.2) is 16.9 Å². The number of pyridine rings is 1. The van der Waals surface area contributed by atoms with Gasteiger partial charge in [-0.05, 0) is 46.8 Å². The van der Waals surface area contributed by atoms with Crippen LogP contribution in [0.2, 0.25) is 0 Å². The molecule has 1 aromatic rings. The zero-order valence-electron chi connectivity index (χ0n) is 8.33. The minimum absolute atomic E-state index is 0.144. The molecule has 1 aliphatic carbocycles. The van der Waals surface area contributed by atoms with Gasteiger partial charge < -0.3 is 5.73 Å². The van der Waals surface area contributed by atoms with Crippen LogP contribution in [0.3, 0.4) is 0 Å². The molecule has 1 aliphatic rings. The highest BCUT2D eigenvalue weighted by molar-refractivity contribution is 9.10. The van der Waals surface area contributed by atoms with Gasteiger partial charge in [0.15, 0.2) is 0 Å². The van der Waals surface area contributed by atoms with E-state index >= 15 is 0 Å². The average Bonchev–Trinajstić information content (AvgIpc) is 2.87. The Morgan fingerprint density at radius 1 is 1.64 bits per heavy atom. The SMILES string of the molecule is Cc1ccnc(Br)c1[C@@H](N)CC1CC1. The van der Waals surface area contributed by atoms with Crippen molar-refractivity contribution in [2.24, 2.45) is 11.7 Å². The second-order valence-electron chi connectivity index (χ2n) is 4.12. The van der Waals surface area contributed by atoms with Crippen LogP contribution in [-0.4, -0.2) is 4.98 Å². The van der Waals surface area contributed by atoms with E-state index in [0.717, 1.165) is 16.9 Å². The van der Waals surface area contributed by atoms with Gasteiger partial charge in [-0.2, -0.15) is 0 Å². The molecular formula is C11H15BrN2. The lowest BCUT2D eigenvalue weighted by Crippen LogP contribution is -2.13. The summed E-state index contributed by atoms with van der Waals surface area (Å²) in [6.45, 7) is 2.09. The van der Waals surface area contributed by atoms with Crippen LogP contribution in [0.25, 0.3) is 0 Å². The van der Waals surface area contributed by atoms with E-state index in [1.165, 1.54) is 24.0 Å². The second-order valence-corrected chi connectivity index (χ2v) is 4.87. The maximum atomic E-state index is 6.17. The van der Waals surface area contributed by atoms with Gasteiger partial charge >= 0.3 is 0 Å². The third-order valence-corrected chi connectivity index (χ3v) is 3.45. The summed E-state index contributed by atoms with van der Waals surface area (Å²) in [5.74, 6) is 0.858. The first-order valence-electron chi connectivity index (χ1n) is 5.05. The summed E-state index contributed by atoms with van der Waals surface area (Å²) < 4.78 is 0.908. The molecule has 0 saturated heterocycles. The molecule has 1 atom stereocenters. The topological polar surface area (TPSA) is 38.9 Å². The molecular weight excluding hydrogens is 240 g/mol. The highest BCUT2D eigenvalue weighted by Crippen LogP contribution is 2.38. The molecule has 3 heteroatoms. The van der Waals surface area contributed by atoms with Crippen molar-refractivity contribution in [3.8, 4) is 0 Å². The van der Waals surface area contributed by atoms with Gasteiger partial charge in [0.25, 0.3) is 0 Å². The number of rotatable bonds is 3. The van der Waals surface area contributed by atoms with Gasteiger partial charge in [0.2, 0.25) is 0 Å². The minimum Gasteiger partial charge on any atom is -0.324 e. The highest BCUT2D eigenvalue weighted by atomic mass is 79.9. The molecule has 0 spiro atoms. The number of aryl methyl sites for hydroxylation is 1. The summed E-state index contributed by atoms with van der Waals surface area (Å²) in [6, 6.07) is 2.16. The Balaban J connectivity index is 2.19. The van der Waals surface area contributed by atoms with Crippen LogP contribution in [0, 0.1) is 12.8 Å². The van der Waals surface area contributed by atoms with Gasteiger partial charge in [-0.3, -0.25) is 0 Å². The fraction of sp³-hybridized carbons (Fsp3) is 0.545. The molecule has 0 unspecified atom stereocenters. The van der Waals surface area contributed by atoms with E-state index in [1.807, 2.05) is 12.3 Å². The van der Waals surface area contributed by atoms with E-state index in [9.17, 15) is 0 Å². The fourth-order valence-corrected chi connectivity index (χ4v) is 2.54. The molecule has 1 fully saturated rings. The normalized spacial score (nSPS) is 18.2. The molecule has 0 amide bonds. The Bertz CT molecular complexity index is 314. The van der Waals surface area contributed by atoms with E-state index in [1.54, 1.807) is 0 Å². The predicted molar refractivity (Wildman–Crippen MR) is 60.9 cm³/mol. The number of hydrogen-bond acceptors (Lipinski definition) is 2. The van der Waals surface area contributed by atoms with E-state index in [4.69, 9.17) is 5.73 Å². The standard InChI is InChI=1S/C11H15BrN2/c1-7-4-5-14-11(12)10(7)9(13)6-8-2-3-8/h4-5,8-9H,2-3,6,13H2,1H3/t9-/m0/s1. The zero-order valence-corrected chi connectivity index (χ0v) is 9.92. The lowest BCUT2D eigenvalue weighted by Gasteiger charge is -2.15. The maximum absolute atomic E-state index is 6.17. The van der Waals surface area contributed by atoms with Crippen LogP contribution < -0.4 is 5.73 Å². The molecule has 2 rings (SSSR count). The predicted octanol–water partition coefficient (Wildman–Crippen LogP) is 2.95. The quantitative estimate of drug-likeness (QED) is 0.843. The van der Waals surface area contributed by atoms with Crippen LogP contribution in [0.5, 0.6) is 0 Å². The van der Waals surface area contributed by atoms with Crippen molar-refractivity contribution in [2.75, 3.05) is 0 Å². The molecule has 0 bridgehead atoms. The minimum atomic E-state index is 0.144. The van der Waals surface area contributed by atoms with Crippen molar-refractivity contribution in [3.63, 3.8) is 0 Å². The van der Waals surface area contributed by atoms with Crippen molar-refractivity contribution in [2.45, 2.75) is 32.2 Å². The smallest absolute Gasteiger partial charge is 0.111 e. The molecule has 0 aromatic carbocycles. The zero-order chi connectivity index (χ0) is 10.1. The Labute approximate surface area is 93.0 Å². The molecule has 1 heterocycles. The largest absolute Gasteiger partial charge is 0.324 e. The molecule has 2 nitrogen and oxygen atoms in total. The summed E-state index contributed by atoms with van der Waals surface area (Å²) in [4.78, 5) is 4.23. The average molecular weight is 255 g/mol. The number of aromatic nitrogens is 1. The number of hydrogen-bond donors (Lipinski definition) is 1. The Kier molecular flexibility index (Phi) is 2.88. The lowest BCUT2D eigenvalue weighted by atomic mass is 10.00. The molecule has 0 radical (unpaired) electrons. The van der Waals surface area contributed by atoms with Gasteiger partial charge in [0, 0.05) is 17.8 Å². The summed E-state index contributed by atoms with van der Waals surface area (Å²) in [5, 5.41) is 0. The van der Waals surface area contributed by atoms with Crippen molar-refractivity contribution < 1.29 is 0 Å². The van der Waals surface area contributed by atoms with Crippen molar-refractivity contribution in [1.82, 2.24) is 4.98 Å². The van der Waals surface area contributed by atoms with Gasteiger partial charge in [-0.1, -0.05) is 12.8 Å². The first kappa shape index (κ1) is 10.1. The molecule has 1 aromatic heterocycles. The monoisotopic (exact) mass is 254 g/mol. The summed E-state index contributed by atoms with van der Waals surface area (Å²) in [7, 11) is 0. The summed E-state index contributed by atoms with van der Waals surface area (Å²) in [5.41, 5.74) is 8.58. The van der Waals surface area contributed by atoms with Crippen LogP contribution in [0.4, 0.5) is 0 Å². The number of nitrogens with two attached hydrogens (primary N) is 1. The first-order valence-corrected chi connectivity index (χ1v) is 5.84. The van der Waals surface area contributed by atoms with Crippen molar-refractivity contribution in [3.05, 3.63) is 28.0 Å². The van der Waals surface area contributed by atoms with Crippen LogP contribution >= 0.6 is 15.9 Å². The van der Waals surface area contributed by atoms with Gasteiger partial charge in [-0.25, -0.2) is 4.98 Å². The van der Waals surface area contributed by atoms with Crippen LogP contribution in [0.1, 0.15) is 36.4 Å². The van der Waals surface area contributed by atoms with E-state index in [2.05, 4.69) is 27.8 Å². The second kappa shape index (κ2) is 3.99. The lowest BCUT2D eigenvalue weighted by molar-refractivity contribution is 0.590. The van der Waals surface area contributed by atoms with Gasteiger partial charge in [0.05, 0.1) is 0 Å². The van der Waals surface area contributed by atoms with E-state index in [0.29, 0.717) is 0 Å². The van der Waals surface area contributed by atoms with Gasteiger partial charge in [0.1, 0.15) is 4.60 Å². The molecule has 1 saturated carbocycles. The third kappa shape index (κ3) is 2.15. The Hall–Kier alpha value is -0.410. The number of nitrogens with zero attached hydrogens (tertiary/aromatic N) is 1. The number of halogens is 1. The summed E-state index contributed by atoms with van der Waals surface area (Å²) >= 11 is 3.47. The van der Waals surface area contributed by atoms with Crippen LogP contribution in [-0.2, 0) is 0 Å². The molecule has 76 valence electrons. The maximum Gasteiger partial charge on any atom is 0.111 e. The molecule has 0 aliphatic heterocycles. The van der Waals surface area contributed by atoms with Gasteiger partial charge in [-0.15, -0.1) is 0 Å². The highest BCUT2D eigenvalue weighted by Gasteiger charge is 2.26. The first-order chi connectivity index (χ1) is 6.68. The Morgan fingerprint density at radius 3 is 2.93 bits per heavy atom. The van der Waals surface area contributed by atoms with Crippen molar-refractivity contribution >= 4 is 15.9 Å². The summed E-state index contributed by atoms with van der Waals surface area (Å²) in [6.07, 6.45) is 5.62. The van der Waals surface area contributed by atoms with Crippen molar-refractivity contribution in [1.29, 1.82) is 0 Å². The third-order valence-electron chi connectivity index (χ3n) is 2.81. The fourth-order valence-electron chi connectivity index (χ4n) is 1.81. The molecule has 2 N–H and O–H groups in total. The molecule has 14 heavy (non-hydrogen) atoms.